The Balaban J connectivity index is -0.000000107. The molecule has 0 fully saturated rings. The van der Waals surface area contributed by atoms with Crippen LogP contribution in [-0.4, -0.2) is 0 Å². The summed E-state index contributed by atoms with van der Waals surface area (Å²) >= 11 is 0. The summed E-state index contributed by atoms with van der Waals surface area (Å²) < 4.78 is 0. The Kier molecular flexibility index (Phi) is 35.9. The number of hydrogen-bond donors (Lipinski definition) is 0. The van der Waals surface area contributed by atoms with Gasteiger partial charge in [-0.3, -0.25) is 0 Å². The minimum absolute atomic E-state index is 0. The van der Waals surface area contributed by atoms with Gasteiger partial charge in [-0.25, -0.2) is 0 Å². The first kappa shape index (κ1) is 28.9. The molecule has 2 radical (unpaired) electrons. The Morgan fingerprint density at radius 2 is 0.400 bits per heavy atom. The van der Waals surface area contributed by atoms with Crippen molar-refractivity contribution in [2.75, 3.05) is 0 Å². The second kappa shape index (κ2) is 24.8. The minimum Gasteiger partial charge on any atom is -0.147 e. The first-order chi connectivity index (χ1) is 8.00. The van der Waals surface area contributed by atoms with E-state index >= 15 is 0 Å². The molecule has 0 unspecified atom stereocenters. The van der Waals surface area contributed by atoms with Crippen LogP contribution >= 0.6 is 24.8 Å². The summed E-state index contributed by atoms with van der Waals surface area (Å²) in [5.41, 5.74) is 0. The van der Waals surface area contributed by atoms with Crippen molar-refractivity contribution in [3.8, 4) is 0 Å². The van der Waals surface area contributed by atoms with Crippen LogP contribution in [0.5, 0.6) is 0 Å². The zero-order valence-corrected chi connectivity index (χ0v) is 18.2. The molecule has 0 saturated heterocycles. The van der Waals surface area contributed by atoms with E-state index in [-0.39, 0.29) is 65.0 Å². The van der Waals surface area contributed by atoms with Crippen molar-refractivity contribution >= 4 is 24.8 Å². The largest absolute Gasteiger partial charge is 0.147 e. The molecule has 4 heteroatoms. The van der Waals surface area contributed by atoms with E-state index in [4.69, 9.17) is 0 Å². The fourth-order valence-corrected chi connectivity index (χ4v) is 1.71. The van der Waals surface area contributed by atoms with Crippen LogP contribution in [-0.2, 0) is 40.2 Å². The third kappa shape index (κ3) is 21.1. The molecule has 0 aromatic rings. The molecule has 20 heavy (non-hydrogen) atoms. The van der Waals surface area contributed by atoms with Gasteiger partial charge in [-0.05, 0) is 51.4 Å². The predicted octanol–water partition coefficient (Wildman–Crippen LogP) is 6.18. The Morgan fingerprint density at radius 1 is 0.300 bits per heavy atom. The Labute approximate surface area is 164 Å². The molecule has 2 aliphatic carbocycles. The molecule has 0 N–H and O–H groups in total. The van der Waals surface area contributed by atoms with E-state index in [9.17, 15) is 0 Å². The smallest absolute Gasteiger partial charge is 0 e. The molecular weight excluding hydrogens is 648 g/mol. The normalized spacial score (nSPS) is 19.2. The van der Waals surface area contributed by atoms with Gasteiger partial charge in [-0.15, -0.1) is 24.8 Å². The molecule has 0 nitrogen and oxygen atoms in total. The molecular formula is C16H26Cl2Ir2. The first-order valence-corrected chi connectivity index (χ1v) is 6.60. The van der Waals surface area contributed by atoms with Crippen molar-refractivity contribution in [3.63, 3.8) is 0 Å². The second-order valence-electron chi connectivity index (χ2n) is 4.20. The zero-order valence-electron chi connectivity index (χ0n) is 11.8. The van der Waals surface area contributed by atoms with E-state index in [1.807, 2.05) is 0 Å². The molecule has 0 bridgehead atoms. The number of halogens is 2. The number of rotatable bonds is 0. The summed E-state index contributed by atoms with van der Waals surface area (Å²) in [7, 11) is 0. The number of hydrogen-bond acceptors (Lipinski definition) is 0. The van der Waals surface area contributed by atoms with E-state index in [0.29, 0.717) is 0 Å². The molecule has 0 aromatic heterocycles. The monoisotopic (exact) mass is 674 g/mol. The van der Waals surface area contributed by atoms with E-state index in [1.165, 1.54) is 51.4 Å². The van der Waals surface area contributed by atoms with Gasteiger partial charge in [0.15, 0.2) is 0 Å². The Bertz CT molecular complexity index is 192. The molecule has 122 valence electrons. The predicted molar refractivity (Wildman–Crippen MR) is 88.0 cm³/mol. The molecule has 0 saturated carbocycles. The quantitative estimate of drug-likeness (QED) is 0.270. The average Bonchev–Trinajstić information content (AvgIpc) is 2.15. The summed E-state index contributed by atoms with van der Waals surface area (Å²) in [6.07, 6.45) is 28.0. The third-order valence-corrected chi connectivity index (χ3v) is 2.67. The van der Waals surface area contributed by atoms with E-state index in [2.05, 4.69) is 48.6 Å². The number of allylic oxidation sites excluding steroid dienone is 8. The van der Waals surface area contributed by atoms with Crippen LogP contribution in [0.4, 0.5) is 0 Å². The summed E-state index contributed by atoms with van der Waals surface area (Å²) in [5, 5.41) is 0. The van der Waals surface area contributed by atoms with Crippen molar-refractivity contribution in [1.82, 2.24) is 0 Å². The molecule has 2 aliphatic rings. The molecule has 0 spiro atoms. The Morgan fingerprint density at radius 3 is 0.500 bits per heavy atom. The topological polar surface area (TPSA) is 0 Å². The molecule has 2 rings (SSSR count). The molecule has 0 amide bonds. The van der Waals surface area contributed by atoms with Crippen molar-refractivity contribution in [2.24, 2.45) is 0 Å². The van der Waals surface area contributed by atoms with Crippen molar-refractivity contribution < 1.29 is 40.2 Å². The van der Waals surface area contributed by atoms with Gasteiger partial charge < -0.3 is 0 Å². The van der Waals surface area contributed by atoms with Gasteiger partial charge >= 0.3 is 0 Å². The van der Waals surface area contributed by atoms with Gasteiger partial charge in [-0.2, -0.15) is 0 Å². The maximum absolute atomic E-state index is 2.27. The van der Waals surface area contributed by atoms with Crippen LogP contribution < -0.4 is 0 Å². The van der Waals surface area contributed by atoms with Crippen molar-refractivity contribution in [3.05, 3.63) is 48.6 Å². The van der Waals surface area contributed by atoms with Crippen LogP contribution in [0.1, 0.15) is 51.4 Å². The SMILES string of the molecule is C1=CCC/C=C\CC1.C1=CCC/C=C\CC1.Cl.Cl.[Ir].[Ir]. The van der Waals surface area contributed by atoms with Crippen LogP contribution in [0.3, 0.4) is 0 Å². The van der Waals surface area contributed by atoms with Crippen molar-refractivity contribution in [1.29, 1.82) is 0 Å². The minimum atomic E-state index is 0. The Hall–Kier alpha value is 0.839. The molecule has 0 aliphatic heterocycles. The standard InChI is InChI=1S/2C8H12.2ClH.2Ir/c2*1-2-4-6-8-7-5-3-1;;;;/h2*1-2,7-8H,3-6H2;2*1H;;/b2*2-1-,8-7?;;;;. The average molecular weight is 674 g/mol. The van der Waals surface area contributed by atoms with E-state index in [1.54, 1.807) is 0 Å². The second-order valence-corrected chi connectivity index (χ2v) is 4.20. The summed E-state index contributed by atoms with van der Waals surface area (Å²) in [4.78, 5) is 0. The molecule has 0 aromatic carbocycles. The summed E-state index contributed by atoms with van der Waals surface area (Å²) in [6, 6.07) is 0. The van der Waals surface area contributed by atoms with E-state index in [0.717, 1.165) is 0 Å². The summed E-state index contributed by atoms with van der Waals surface area (Å²) in [6.45, 7) is 0. The van der Waals surface area contributed by atoms with Gasteiger partial charge in [0.1, 0.15) is 0 Å². The van der Waals surface area contributed by atoms with E-state index < -0.39 is 0 Å². The van der Waals surface area contributed by atoms with Gasteiger partial charge in [0, 0.05) is 40.2 Å². The maximum atomic E-state index is 2.27. The fourth-order valence-electron chi connectivity index (χ4n) is 1.71. The van der Waals surface area contributed by atoms with Crippen molar-refractivity contribution in [2.45, 2.75) is 51.4 Å². The third-order valence-electron chi connectivity index (χ3n) is 2.67. The fraction of sp³-hybridized carbons (Fsp3) is 0.500. The van der Waals surface area contributed by atoms with Gasteiger partial charge in [0.05, 0.1) is 0 Å². The van der Waals surface area contributed by atoms with Crippen LogP contribution in [0.2, 0.25) is 0 Å². The van der Waals surface area contributed by atoms with Crippen LogP contribution in [0, 0.1) is 0 Å². The molecule has 0 atom stereocenters. The zero-order chi connectivity index (χ0) is 11.3. The van der Waals surface area contributed by atoms with Gasteiger partial charge in [0.2, 0.25) is 0 Å². The van der Waals surface area contributed by atoms with Gasteiger partial charge in [0.25, 0.3) is 0 Å². The summed E-state index contributed by atoms with van der Waals surface area (Å²) in [5.74, 6) is 0. The van der Waals surface area contributed by atoms with Crippen LogP contribution in [0.15, 0.2) is 48.6 Å². The van der Waals surface area contributed by atoms with Crippen LogP contribution in [0.25, 0.3) is 0 Å². The van der Waals surface area contributed by atoms with Gasteiger partial charge in [-0.1, -0.05) is 48.6 Å². The molecule has 0 heterocycles. The first-order valence-electron chi connectivity index (χ1n) is 6.60. The maximum Gasteiger partial charge on any atom is 0 e.